The third-order valence-corrected chi connectivity index (χ3v) is 9.54. The SMILES string of the molecule is Cc1ccc(N2CCC(c3ccc(OCc4ccccc4)cc3)CC2)c2c1c(C#N)nn2COCC[Si](C)(C)C. The number of fused-ring (bicyclic) bond motifs is 1. The predicted molar refractivity (Wildman–Crippen MR) is 165 cm³/mol. The molecule has 208 valence electrons. The summed E-state index contributed by atoms with van der Waals surface area (Å²) in [5.41, 5.74) is 6.26. The van der Waals surface area contributed by atoms with Crippen LogP contribution in [0.25, 0.3) is 10.9 Å². The number of piperidine rings is 1. The molecule has 0 atom stereocenters. The van der Waals surface area contributed by atoms with E-state index in [-0.39, 0.29) is 0 Å². The summed E-state index contributed by atoms with van der Waals surface area (Å²) in [7, 11) is -1.18. The standard InChI is InChI=1S/C33H40N4O2Si/c1-25-10-15-31(33-32(25)30(22-34)35-37(33)24-38-20-21-40(2,3)4)36-18-16-28(17-19-36)27-11-13-29(14-12-27)39-23-26-8-6-5-7-9-26/h5-15,28H,16-21,23-24H2,1-4H3. The second kappa shape index (κ2) is 12.3. The lowest BCUT2D eigenvalue weighted by atomic mass is 9.89. The first-order valence-electron chi connectivity index (χ1n) is 14.3. The Balaban J connectivity index is 1.26. The molecule has 6 nitrogen and oxygen atoms in total. The van der Waals surface area contributed by atoms with Crippen molar-refractivity contribution in [3.8, 4) is 11.8 Å². The Bertz CT molecular complexity index is 1460. The Morgan fingerprint density at radius 1 is 0.975 bits per heavy atom. The number of hydrogen-bond acceptors (Lipinski definition) is 5. The van der Waals surface area contributed by atoms with Crippen molar-refractivity contribution in [3.05, 3.63) is 89.1 Å². The summed E-state index contributed by atoms with van der Waals surface area (Å²) in [6, 6.07) is 26.6. The molecule has 0 radical (unpaired) electrons. The van der Waals surface area contributed by atoms with Crippen LogP contribution in [0, 0.1) is 18.3 Å². The van der Waals surface area contributed by atoms with Gasteiger partial charge in [-0.2, -0.15) is 10.4 Å². The molecule has 2 heterocycles. The first-order chi connectivity index (χ1) is 19.3. The highest BCUT2D eigenvalue weighted by atomic mass is 28.3. The summed E-state index contributed by atoms with van der Waals surface area (Å²) in [5.74, 6) is 1.42. The second-order valence-corrected chi connectivity index (χ2v) is 17.7. The van der Waals surface area contributed by atoms with Gasteiger partial charge in [-0.25, -0.2) is 4.68 Å². The lowest BCUT2D eigenvalue weighted by molar-refractivity contribution is 0.0816. The highest BCUT2D eigenvalue weighted by molar-refractivity contribution is 6.76. The van der Waals surface area contributed by atoms with Crippen molar-refractivity contribution >= 4 is 24.7 Å². The van der Waals surface area contributed by atoms with Crippen molar-refractivity contribution in [1.29, 1.82) is 5.26 Å². The van der Waals surface area contributed by atoms with Gasteiger partial charge in [0, 0.05) is 33.2 Å². The minimum atomic E-state index is -1.18. The molecule has 1 aliphatic rings. The molecule has 0 aliphatic carbocycles. The minimum absolute atomic E-state index is 0.369. The second-order valence-electron chi connectivity index (χ2n) is 12.0. The van der Waals surface area contributed by atoms with E-state index < -0.39 is 8.07 Å². The van der Waals surface area contributed by atoms with Crippen molar-refractivity contribution in [2.45, 2.75) is 64.7 Å². The molecule has 0 saturated carbocycles. The lowest BCUT2D eigenvalue weighted by Crippen LogP contribution is -2.33. The fourth-order valence-electron chi connectivity index (χ4n) is 5.45. The van der Waals surface area contributed by atoms with Gasteiger partial charge in [0.25, 0.3) is 0 Å². The van der Waals surface area contributed by atoms with Gasteiger partial charge in [0.05, 0.1) is 11.2 Å². The Kier molecular flexibility index (Phi) is 8.58. The number of aromatic nitrogens is 2. The van der Waals surface area contributed by atoms with Crippen LogP contribution in [-0.2, 0) is 18.1 Å². The van der Waals surface area contributed by atoms with E-state index in [0.29, 0.717) is 24.9 Å². The summed E-state index contributed by atoms with van der Waals surface area (Å²) < 4.78 is 14.0. The van der Waals surface area contributed by atoms with Crippen molar-refractivity contribution < 1.29 is 9.47 Å². The molecule has 0 unspecified atom stereocenters. The molecule has 0 N–H and O–H groups in total. The highest BCUT2D eigenvalue weighted by Gasteiger charge is 2.25. The van der Waals surface area contributed by atoms with E-state index in [1.54, 1.807) is 0 Å². The molecule has 7 heteroatoms. The Hall–Kier alpha value is -3.60. The van der Waals surface area contributed by atoms with Crippen LogP contribution in [0.15, 0.2) is 66.7 Å². The monoisotopic (exact) mass is 552 g/mol. The van der Waals surface area contributed by atoms with Gasteiger partial charge < -0.3 is 14.4 Å². The van der Waals surface area contributed by atoms with Crippen LogP contribution in [0.1, 0.15) is 41.1 Å². The fourth-order valence-corrected chi connectivity index (χ4v) is 6.21. The van der Waals surface area contributed by atoms with Gasteiger partial charge in [-0.1, -0.05) is 68.2 Å². The molecule has 1 fully saturated rings. The summed E-state index contributed by atoms with van der Waals surface area (Å²) in [4.78, 5) is 2.46. The average Bonchev–Trinajstić information content (AvgIpc) is 3.34. The molecule has 1 saturated heterocycles. The van der Waals surface area contributed by atoms with E-state index in [9.17, 15) is 5.26 Å². The van der Waals surface area contributed by atoms with Crippen LogP contribution in [0.5, 0.6) is 5.75 Å². The Labute approximate surface area is 239 Å². The van der Waals surface area contributed by atoms with Gasteiger partial charge in [-0.05, 0) is 66.6 Å². The van der Waals surface area contributed by atoms with Crippen molar-refractivity contribution in [3.63, 3.8) is 0 Å². The van der Waals surface area contributed by atoms with E-state index in [4.69, 9.17) is 9.47 Å². The maximum atomic E-state index is 9.84. The lowest BCUT2D eigenvalue weighted by Gasteiger charge is -2.34. The molecule has 40 heavy (non-hydrogen) atoms. The van der Waals surface area contributed by atoms with Gasteiger partial charge in [-0.15, -0.1) is 0 Å². The van der Waals surface area contributed by atoms with Gasteiger partial charge >= 0.3 is 0 Å². The minimum Gasteiger partial charge on any atom is -0.489 e. The Morgan fingerprint density at radius 3 is 2.38 bits per heavy atom. The molecule has 5 rings (SSSR count). The molecule has 3 aromatic carbocycles. The smallest absolute Gasteiger partial charge is 0.170 e. The van der Waals surface area contributed by atoms with Gasteiger partial charge in [0.2, 0.25) is 0 Å². The number of nitrogens with zero attached hydrogens (tertiary/aromatic N) is 4. The van der Waals surface area contributed by atoms with Crippen molar-refractivity contribution in [2.75, 3.05) is 24.6 Å². The first kappa shape index (κ1) is 27.9. The average molecular weight is 553 g/mol. The van der Waals surface area contributed by atoms with E-state index in [1.807, 2.05) is 22.9 Å². The van der Waals surface area contributed by atoms with E-state index in [2.05, 4.69) is 91.2 Å². The number of benzene rings is 3. The molecule has 4 aromatic rings. The number of aryl methyl sites for hydroxylation is 1. The highest BCUT2D eigenvalue weighted by Crippen LogP contribution is 2.36. The summed E-state index contributed by atoms with van der Waals surface area (Å²) in [6.45, 7) is 12.7. The number of anilines is 1. The normalized spacial score (nSPS) is 14.4. The third-order valence-electron chi connectivity index (χ3n) is 7.83. The molecule has 1 aromatic heterocycles. The zero-order valence-electron chi connectivity index (χ0n) is 24.2. The van der Waals surface area contributed by atoms with Crippen LogP contribution < -0.4 is 9.64 Å². The van der Waals surface area contributed by atoms with E-state index in [1.165, 1.54) is 11.1 Å². The molecular formula is C33H40N4O2Si. The summed E-state index contributed by atoms with van der Waals surface area (Å²) in [6.07, 6.45) is 2.15. The fraction of sp³-hybridized carbons (Fsp3) is 0.394. The third kappa shape index (κ3) is 6.57. The quantitative estimate of drug-likeness (QED) is 0.151. The maximum Gasteiger partial charge on any atom is 0.170 e. The van der Waals surface area contributed by atoms with Crippen LogP contribution >= 0.6 is 0 Å². The number of nitriles is 1. The van der Waals surface area contributed by atoms with Crippen LogP contribution in [0.2, 0.25) is 25.7 Å². The maximum absolute atomic E-state index is 9.84. The zero-order chi connectivity index (χ0) is 28.1. The van der Waals surface area contributed by atoms with Gasteiger partial charge in [0.1, 0.15) is 25.2 Å². The topological polar surface area (TPSA) is 63.3 Å². The Morgan fingerprint density at radius 2 is 1.70 bits per heavy atom. The van der Waals surface area contributed by atoms with Crippen molar-refractivity contribution in [1.82, 2.24) is 9.78 Å². The van der Waals surface area contributed by atoms with Crippen LogP contribution in [0.3, 0.4) is 0 Å². The largest absolute Gasteiger partial charge is 0.489 e. The molecular weight excluding hydrogens is 512 g/mol. The van der Waals surface area contributed by atoms with Gasteiger partial charge in [-0.3, -0.25) is 0 Å². The predicted octanol–water partition coefficient (Wildman–Crippen LogP) is 7.49. The number of rotatable bonds is 10. The molecule has 0 bridgehead atoms. The van der Waals surface area contributed by atoms with E-state index >= 15 is 0 Å². The van der Waals surface area contributed by atoms with Crippen LogP contribution in [0.4, 0.5) is 5.69 Å². The van der Waals surface area contributed by atoms with E-state index in [0.717, 1.165) is 66.5 Å². The summed E-state index contributed by atoms with van der Waals surface area (Å²) in [5, 5.41) is 15.5. The van der Waals surface area contributed by atoms with Gasteiger partial charge in [0.15, 0.2) is 5.69 Å². The molecule has 1 aliphatic heterocycles. The number of hydrogen-bond donors (Lipinski definition) is 0. The number of ether oxygens (including phenoxy) is 2. The zero-order valence-corrected chi connectivity index (χ0v) is 25.2. The molecule has 0 spiro atoms. The first-order valence-corrected chi connectivity index (χ1v) is 18.0. The van der Waals surface area contributed by atoms with Crippen molar-refractivity contribution in [2.24, 2.45) is 0 Å². The van der Waals surface area contributed by atoms with Crippen LogP contribution in [-0.4, -0.2) is 37.6 Å². The molecule has 0 amide bonds. The summed E-state index contributed by atoms with van der Waals surface area (Å²) >= 11 is 0.